The van der Waals surface area contributed by atoms with Gasteiger partial charge in [-0.1, -0.05) is 12.1 Å². The highest BCUT2D eigenvalue weighted by atomic mass is 32.2. The monoisotopic (exact) mass is 391 g/mol. The molecule has 0 spiro atoms. The smallest absolute Gasteiger partial charge is 0.238 e. The Labute approximate surface area is 158 Å². The quantitative estimate of drug-likeness (QED) is 0.689. The maximum absolute atomic E-state index is 12.1. The van der Waals surface area contributed by atoms with E-state index in [1.165, 1.54) is 6.07 Å². The van der Waals surface area contributed by atoms with Crippen molar-refractivity contribution in [2.75, 3.05) is 26.2 Å². The second-order valence-corrected chi connectivity index (χ2v) is 8.82. The van der Waals surface area contributed by atoms with Crippen LogP contribution in [-0.4, -0.2) is 66.2 Å². The fourth-order valence-electron chi connectivity index (χ4n) is 4.43. The molecule has 0 radical (unpaired) electrons. The molecule has 2 heterocycles. The van der Waals surface area contributed by atoms with Gasteiger partial charge in [0.15, 0.2) is 0 Å². The number of nitrogens with one attached hydrogen (secondary N) is 2. The predicted octanol–water partition coefficient (Wildman–Crippen LogP) is 0.446. The zero-order chi connectivity index (χ0) is 18.9. The summed E-state index contributed by atoms with van der Waals surface area (Å²) >= 11 is 0. The summed E-state index contributed by atoms with van der Waals surface area (Å²) in [4.78, 5) is 2.64. The molecule has 146 valence electrons. The van der Waals surface area contributed by atoms with Crippen LogP contribution in [0.3, 0.4) is 0 Å². The third-order valence-corrected chi connectivity index (χ3v) is 6.69. The number of aromatic amines is 1. The summed E-state index contributed by atoms with van der Waals surface area (Å²) in [7, 11) is -3.89. The van der Waals surface area contributed by atoms with Crippen LogP contribution in [-0.2, 0) is 10.0 Å². The number of benzene rings is 1. The van der Waals surface area contributed by atoms with Gasteiger partial charge in [-0.2, -0.15) is 5.21 Å². The van der Waals surface area contributed by atoms with Gasteiger partial charge in [-0.05, 0) is 48.4 Å². The summed E-state index contributed by atoms with van der Waals surface area (Å²) in [5.41, 5.74) is 1.43. The molecule has 0 amide bonds. The first-order chi connectivity index (χ1) is 13.0. The number of aromatic nitrogens is 4. The molecule has 9 nitrogen and oxygen atoms in total. The van der Waals surface area contributed by atoms with Gasteiger partial charge in [-0.25, -0.2) is 13.6 Å². The lowest BCUT2D eigenvalue weighted by atomic mass is 9.79. The number of piperazine rings is 1. The van der Waals surface area contributed by atoms with Crippen LogP contribution in [0.1, 0.15) is 37.2 Å². The van der Waals surface area contributed by atoms with Crippen molar-refractivity contribution in [3.63, 3.8) is 0 Å². The fraction of sp³-hybridized carbons (Fsp3) is 0.588. The van der Waals surface area contributed by atoms with Gasteiger partial charge in [0, 0.05) is 37.8 Å². The number of hydrogen-bond acceptors (Lipinski definition) is 7. The Hall–Kier alpha value is -1.88. The SMILES string of the molecule is NS(=O)(=O)c1cccc(C2CCC(N3CCNCC3)CC2)c1-c1nn[nH]n1. The Bertz CT molecular complexity index is 871. The van der Waals surface area contributed by atoms with Gasteiger partial charge in [0.05, 0.1) is 4.90 Å². The summed E-state index contributed by atoms with van der Waals surface area (Å²) in [6.45, 7) is 4.31. The highest BCUT2D eigenvalue weighted by Gasteiger charge is 2.31. The number of sulfonamides is 1. The molecule has 1 aliphatic heterocycles. The van der Waals surface area contributed by atoms with Crippen LogP contribution in [0.25, 0.3) is 11.4 Å². The molecule has 2 aliphatic rings. The molecule has 2 aromatic rings. The second-order valence-electron chi connectivity index (χ2n) is 7.29. The van der Waals surface area contributed by atoms with Crippen LogP contribution in [0.2, 0.25) is 0 Å². The molecule has 1 aliphatic carbocycles. The van der Waals surface area contributed by atoms with Crippen molar-refractivity contribution in [2.24, 2.45) is 5.14 Å². The van der Waals surface area contributed by atoms with Gasteiger partial charge in [-0.3, -0.25) is 4.90 Å². The zero-order valence-corrected chi connectivity index (χ0v) is 16.0. The Morgan fingerprint density at radius 1 is 1.11 bits per heavy atom. The number of H-pyrrole nitrogens is 1. The Morgan fingerprint density at radius 2 is 1.85 bits per heavy atom. The Balaban J connectivity index is 1.61. The van der Waals surface area contributed by atoms with Gasteiger partial charge in [0.1, 0.15) is 0 Å². The minimum Gasteiger partial charge on any atom is -0.314 e. The molecule has 27 heavy (non-hydrogen) atoms. The third-order valence-electron chi connectivity index (χ3n) is 5.74. The van der Waals surface area contributed by atoms with Crippen LogP contribution < -0.4 is 10.5 Å². The fourth-order valence-corrected chi connectivity index (χ4v) is 5.19. The zero-order valence-electron chi connectivity index (χ0n) is 15.1. The highest BCUT2D eigenvalue weighted by molar-refractivity contribution is 7.89. The standard InChI is InChI=1S/C17H25N7O2S/c18-27(25,26)15-3-1-2-14(16(15)17-20-22-23-21-17)12-4-6-13(7-5-12)24-10-8-19-9-11-24/h1-3,12-13,19H,4-11H2,(H2,18,25,26)(H,20,21,22,23). The van der Waals surface area contributed by atoms with Crippen LogP contribution >= 0.6 is 0 Å². The van der Waals surface area contributed by atoms with E-state index in [9.17, 15) is 8.42 Å². The first-order valence-corrected chi connectivity index (χ1v) is 10.9. The van der Waals surface area contributed by atoms with E-state index in [4.69, 9.17) is 5.14 Å². The van der Waals surface area contributed by atoms with E-state index in [2.05, 4.69) is 30.8 Å². The lowest BCUT2D eigenvalue weighted by molar-refractivity contribution is 0.133. The molecule has 1 aromatic heterocycles. The molecule has 2 fully saturated rings. The maximum Gasteiger partial charge on any atom is 0.238 e. The minimum absolute atomic E-state index is 0.0608. The molecular formula is C17H25N7O2S. The summed E-state index contributed by atoms with van der Waals surface area (Å²) in [6.07, 6.45) is 4.23. The summed E-state index contributed by atoms with van der Waals surface area (Å²) in [6, 6.07) is 5.84. The van der Waals surface area contributed by atoms with Crippen LogP contribution in [0.15, 0.2) is 23.1 Å². The van der Waals surface area contributed by atoms with Crippen molar-refractivity contribution >= 4 is 10.0 Å². The highest BCUT2D eigenvalue weighted by Crippen LogP contribution is 2.40. The van der Waals surface area contributed by atoms with Crippen molar-refractivity contribution in [3.05, 3.63) is 23.8 Å². The average molecular weight is 392 g/mol. The molecular weight excluding hydrogens is 366 g/mol. The third kappa shape index (κ3) is 3.88. The van der Waals surface area contributed by atoms with Gasteiger partial charge in [-0.15, -0.1) is 10.2 Å². The molecule has 1 saturated heterocycles. The second kappa shape index (κ2) is 7.63. The van der Waals surface area contributed by atoms with Crippen LogP contribution in [0, 0.1) is 0 Å². The van der Waals surface area contributed by atoms with E-state index in [1.54, 1.807) is 6.07 Å². The lowest BCUT2D eigenvalue weighted by Crippen LogP contribution is -2.49. The maximum atomic E-state index is 12.1. The number of nitrogens with zero attached hydrogens (tertiary/aromatic N) is 4. The van der Waals surface area contributed by atoms with Gasteiger partial charge < -0.3 is 5.32 Å². The lowest BCUT2D eigenvalue weighted by Gasteiger charge is -2.39. The van der Waals surface area contributed by atoms with Crippen molar-refractivity contribution in [1.29, 1.82) is 0 Å². The number of hydrogen-bond donors (Lipinski definition) is 3. The van der Waals surface area contributed by atoms with E-state index >= 15 is 0 Å². The van der Waals surface area contributed by atoms with E-state index in [0.717, 1.165) is 57.4 Å². The average Bonchev–Trinajstić information content (AvgIpc) is 3.22. The van der Waals surface area contributed by atoms with E-state index in [0.29, 0.717) is 11.6 Å². The topological polar surface area (TPSA) is 130 Å². The first kappa shape index (κ1) is 18.5. The number of tetrazole rings is 1. The van der Waals surface area contributed by atoms with Crippen LogP contribution in [0.4, 0.5) is 0 Å². The van der Waals surface area contributed by atoms with Crippen molar-refractivity contribution < 1.29 is 8.42 Å². The molecule has 10 heteroatoms. The van der Waals surface area contributed by atoms with E-state index < -0.39 is 10.0 Å². The van der Waals surface area contributed by atoms with E-state index in [1.807, 2.05) is 6.07 Å². The predicted molar refractivity (Wildman–Crippen MR) is 100 cm³/mol. The molecule has 0 unspecified atom stereocenters. The van der Waals surface area contributed by atoms with Gasteiger partial charge in [0.25, 0.3) is 0 Å². The van der Waals surface area contributed by atoms with Gasteiger partial charge in [0.2, 0.25) is 15.8 Å². The molecule has 4 N–H and O–H groups in total. The first-order valence-electron chi connectivity index (χ1n) is 9.38. The normalized spacial score (nSPS) is 24.8. The number of rotatable bonds is 4. The largest absolute Gasteiger partial charge is 0.314 e. The number of primary sulfonamides is 1. The molecule has 1 saturated carbocycles. The number of nitrogens with two attached hydrogens (primary N) is 1. The Morgan fingerprint density at radius 3 is 2.48 bits per heavy atom. The van der Waals surface area contributed by atoms with Crippen LogP contribution in [0.5, 0.6) is 0 Å². The van der Waals surface area contributed by atoms with Crippen molar-refractivity contribution in [2.45, 2.75) is 42.5 Å². The van der Waals surface area contributed by atoms with E-state index in [-0.39, 0.29) is 16.6 Å². The summed E-state index contributed by atoms with van der Waals surface area (Å²) in [5, 5.41) is 22.9. The molecule has 0 atom stereocenters. The Kier molecular flexibility index (Phi) is 5.22. The molecule has 0 bridgehead atoms. The van der Waals surface area contributed by atoms with Crippen molar-refractivity contribution in [3.8, 4) is 11.4 Å². The summed E-state index contributed by atoms with van der Waals surface area (Å²) < 4.78 is 24.2. The minimum atomic E-state index is -3.89. The molecule has 4 rings (SSSR count). The van der Waals surface area contributed by atoms with Gasteiger partial charge >= 0.3 is 0 Å². The molecule has 1 aromatic carbocycles. The van der Waals surface area contributed by atoms with Crippen molar-refractivity contribution in [1.82, 2.24) is 30.8 Å². The summed E-state index contributed by atoms with van der Waals surface area (Å²) in [5.74, 6) is 0.540.